The Bertz CT molecular complexity index is 923. The van der Waals surface area contributed by atoms with Gasteiger partial charge in [0.25, 0.3) is 0 Å². The lowest BCUT2D eigenvalue weighted by Crippen LogP contribution is -2.36. The molecule has 0 bridgehead atoms. The van der Waals surface area contributed by atoms with Gasteiger partial charge >= 0.3 is 6.18 Å². The van der Waals surface area contributed by atoms with Crippen molar-refractivity contribution in [2.24, 2.45) is 17.8 Å². The van der Waals surface area contributed by atoms with Crippen molar-refractivity contribution in [2.75, 3.05) is 25.5 Å². The molecule has 1 atom stereocenters. The highest BCUT2D eigenvalue weighted by atomic mass is 19.4. The van der Waals surface area contributed by atoms with Crippen LogP contribution in [-0.2, 0) is 11.2 Å². The third-order valence-corrected chi connectivity index (χ3v) is 6.58. The highest BCUT2D eigenvalue weighted by Gasteiger charge is 2.33. The fourth-order valence-corrected chi connectivity index (χ4v) is 4.69. The number of hydrogen-bond donors (Lipinski definition) is 1. The number of para-hydroxylation sites is 1. The van der Waals surface area contributed by atoms with Gasteiger partial charge in [-0.1, -0.05) is 38.3 Å². The van der Waals surface area contributed by atoms with E-state index in [1.54, 1.807) is 0 Å². The van der Waals surface area contributed by atoms with Crippen LogP contribution in [-0.4, -0.2) is 42.7 Å². The number of carbonyl (C=O) groups excluding carboxylic acids is 1. The van der Waals surface area contributed by atoms with Crippen LogP contribution in [0.3, 0.4) is 0 Å². The molecule has 33 heavy (non-hydrogen) atoms. The van der Waals surface area contributed by atoms with Gasteiger partial charge in [-0.3, -0.25) is 4.79 Å². The van der Waals surface area contributed by atoms with Crippen LogP contribution in [0.1, 0.15) is 57.7 Å². The van der Waals surface area contributed by atoms with Crippen LogP contribution in [0.25, 0.3) is 10.9 Å². The minimum absolute atomic E-state index is 0.356. The molecule has 1 aromatic heterocycles. The van der Waals surface area contributed by atoms with Crippen molar-refractivity contribution in [1.29, 1.82) is 0 Å². The predicted molar refractivity (Wildman–Crippen MR) is 125 cm³/mol. The number of fused-ring (bicyclic) bond motifs is 1. The lowest BCUT2D eigenvalue weighted by molar-refractivity contribution is -0.153. The first kappa shape index (κ1) is 25.2. The molecule has 0 radical (unpaired) electrons. The summed E-state index contributed by atoms with van der Waals surface area (Å²) in [6, 6.07) is 8.07. The molecule has 5 nitrogen and oxygen atoms in total. The summed E-state index contributed by atoms with van der Waals surface area (Å²) in [6.45, 7) is 1.81. The fraction of sp³-hybridized carbons (Fsp3) is 0.640. The first-order chi connectivity index (χ1) is 15.6. The predicted octanol–water partition coefficient (Wildman–Crippen LogP) is 5.53. The van der Waals surface area contributed by atoms with Crippen molar-refractivity contribution in [2.45, 2.75) is 64.5 Å². The number of halogens is 3. The van der Waals surface area contributed by atoms with Crippen LogP contribution in [0, 0.1) is 17.8 Å². The van der Waals surface area contributed by atoms with Gasteiger partial charge in [0.2, 0.25) is 5.91 Å². The normalized spacial score (nSPS) is 19.9. The van der Waals surface area contributed by atoms with E-state index >= 15 is 0 Å². The topological polar surface area (TPSA) is 58.1 Å². The Hall–Kier alpha value is -2.38. The molecule has 1 aliphatic carbocycles. The molecule has 1 amide bonds. The Kier molecular flexibility index (Phi) is 8.54. The Morgan fingerprint density at radius 2 is 1.79 bits per heavy atom. The number of aryl methyl sites for hydroxylation is 1. The summed E-state index contributed by atoms with van der Waals surface area (Å²) in [5.41, 5.74) is 0.971. The van der Waals surface area contributed by atoms with Gasteiger partial charge in [0.1, 0.15) is 11.6 Å². The third-order valence-electron chi connectivity index (χ3n) is 6.58. The molecule has 1 unspecified atom stereocenters. The molecule has 8 heteroatoms. The molecule has 1 saturated carbocycles. The van der Waals surface area contributed by atoms with Crippen molar-refractivity contribution < 1.29 is 18.0 Å². The maximum atomic E-state index is 12.4. The number of nitrogens with zero attached hydrogens (tertiary/aromatic N) is 3. The number of amides is 1. The molecule has 182 valence electrons. The monoisotopic (exact) mass is 464 g/mol. The van der Waals surface area contributed by atoms with Crippen LogP contribution in [0.2, 0.25) is 0 Å². The molecule has 1 aromatic carbocycles. The van der Waals surface area contributed by atoms with E-state index in [1.807, 2.05) is 43.3 Å². The van der Waals surface area contributed by atoms with Crippen LogP contribution in [0.5, 0.6) is 0 Å². The Labute approximate surface area is 194 Å². The number of benzene rings is 1. The Morgan fingerprint density at radius 3 is 2.45 bits per heavy atom. The summed E-state index contributed by atoms with van der Waals surface area (Å²) >= 11 is 0. The molecule has 0 spiro atoms. The van der Waals surface area contributed by atoms with Crippen molar-refractivity contribution in [3.8, 4) is 0 Å². The standard InChI is InChI=1S/C25H35F3N4O/c1-17(15-25(26,27)28)24(33)29-16-19-13-11-18(12-14-19)7-6-10-22-30-21-9-5-4-8-20(21)23(31-22)32(2)3/h4-5,8-9,17-19H,6-7,10-16H2,1-3H3,(H,29,33). The van der Waals surface area contributed by atoms with Crippen molar-refractivity contribution in [3.05, 3.63) is 30.1 Å². The molecule has 1 N–H and O–H groups in total. The molecule has 0 saturated heterocycles. The zero-order valence-electron chi connectivity index (χ0n) is 19.8. The number of carbonyl (C=O) groups is 1. The summed E-state index contributed by atoms with van der Waals surface area (Å²) in [7, 11) is 3.99. The van der Waals surface area contributed by atoms with Crippen molar-refractivity contribution in [1.82, 2.24) is 15.3 Å². The molecule has 1 fully saturated rings. The quantitative estimate of drug-likeness (QED) is 0.530. The molecule has 2 aromatic rings. The van der Waals surface area contributed by atoms with Gasteiger partial charge in [-0.25, -0.2) is 9.97 Å². The van der Waals surface area contributed by atoms with Crippen LogP contribution in [0.15, 0.2) is 24.3 Å². The molecule has 1 aliphatic rings. The van der Waals surface area contributed by atoms with E-state index in [1.165, 1.54) is 6.92 Å². The molecular weight excluding hydrogens is 429 g/mol. The van der Waals surface area contributed by atoms with Gasteiger partial charge < -0.3 is 10.2 Å². The molecular formula is C25H35F3N4O. The zero-order valence-corrected chi connectivity index (χ0v) is 19.8. The van der Waals surface area contributed by atoms with Gasteiger partial charge in [-0.05, 0) is 43.2 Å². The van der Waals surface area contributed by atoms with E-state index in [0.717, 1.165) is 67.5 Å². The Morgan fingerprint density at radius 1 is 1.12 bits per heavy atom. The fourth-order valence-electron chi connectivity index (χ4n) is 4.69. The van der Waals surface area contributed by atoms with Crippen molar-refractivity contribution >= 4 is 22.6 Å². The SMILES string of the molecule is CC(CC(F)(F)F)C(=O)NCC1CCC(CCCc2nc(N(C)C)c3ccccc3n2)CC1. The van der Waals surface area contributed by atoms with Crippen molar-refractivity contribution in [3.63, 3.8) is 0 Å². The number of nitrogens with one attached hydrogen (secondary N) is 1. The maximum absolute atomic E-state index is 12.4. The summed E-state index contributed by atoms with van der Waals surface area (Å²) < 4.78 is 37.3. The minimum Gasteiger partial charge on any atom is -0.362 e. The second-order valence-corrected chi connectivity index (χ2v) is 9.62. The lowest BCUT2D eigenvalue weighted by Gasteiger charge is -2.29. The van der Waals surface area contributed by atoms with Gasteiger partial charge in [-0.2, -0.15) is 13.2 Å². The average Bonchev–Trinajstić information content (AvgIpc) is 2.76. The van der Waals surface area contributed by atoms with E-state index in [9.17, 15) is 18.0 Å². The third kappa shape index (κ3) is 7.57. The second-order valence-electron chi connectivity index (χ2n) is 9.62. The number of aromatic nitrogens is 2. The van der Waals surface area contributed by atoms with Gasteiger partial charge in [-0.15, -0.1) is 0 Å². The second kappa shape index (κ2) is 11.2. The lowest BCUT2D eigenvalue weighted by atomic mass is 9.79. The van der Waals surface area contributed by atoms with E-state index in [4.69, 9.17) is 9.97 Å². The van der Waals surface area contributed by atoms with Crippen LogP contribution >= 0.6 is 0 Å². The first-order valence-corrected chi connectivity index (χ1v) is 11.9. The smallest absolute Gasteiger partial charge is 0.362 e. The number of anilines is 1. The summed E-state index contributed by atoms with van der Waals surface area (Å²) in [6.07, 6.45) is 1.84. The van der Waals surface area contributed by atoms with Crippen LogP contribution < -0.4 is 10.2 Å². The van der Waals surface area contributed by atoms with Crippen LogP contribution in [0.4, 0.5) is 19.0 Å². The van der Waals surface area contributed by atoms with Gasteiger partial charge in [0, 0.05) is 38.4 Å². The number of alkyl halides is 3. The zero-order chi connectivity index (χ0) is 24.0. The summed E-state index contributed by atoms with van der Waals surface area (Å²) in [4.78, 5) is 23.5. The van der Waals surface area contributed by atoms with E-state index in [0.29, 0.717) is 18.4 Å². The van der Waals surface area contributed by atoms with E-state index in [2.05, 4.69) is 5.32 Å². The minimum atomic E-state index is -4.30. The van der Waals surface area contributed by atoms with E-state index in [-0.39, 0.29) is 0 Å². The van der Waals surface area contributed by atoms with Gasteiger partial charge in [0.05, 0.1) is 11.9 Å². The molecule has 0 aliphatic heterocycles. The summed E-state index contributed by atoms with van der Waals surface area (Å²) in [5.74, 6) is 1.29. The highest BCUT2D eigenvalue weighted by Crippen LogP contribution is 2.32. The maximum Gasteiger partial charge on any atom is 0.389 e. The van der Waals surface area contributed by atoms with Gasteiger partial charge in [0.15, 0.2) is 0 Å². The highest BCUT2D eigenvalue weighted by molar-refractivity contribution is 5.89. The van der Waals surface area contributed by atoms with E-state index < -0.39 is 24.4 Å². The average molecular weight is 465 g/mol. The summed E-state index contributed by atoms with van der Waals surface area (Å²) in [5, 5.41) is 3.78. The molecule has 1 heterocycles. The largest absolute Gasteiger partial charge is 0.389 e. The Balaban J connectivity index is 1.40. The molecule has 3 rings (SSSR count). The number of hydrogen-bond acceptors (Lipinski definition) is 4. The first-order valence-electron chi connectivity index (χ1n) is 11.9. The number of rotatable bonds is 9.